The summed E-state index contributed by atoms with van der Waals surface area (Å²) in [7, 11) is 0. The van der Waals surface area contributed by atoms with Crippen molar-refractivity contribution in [2.24, 2.45) is 0 Å². The molecule has 0 bridgehead atoms. The highest BCUT2D eigenvalue weighted by Crippen LogP contribution is 2.22. The first-order chi connectivity index (χ1) is 11.7. The van der Waals surface area contributed by atoms with Gasteiger partial charge in [0.05, 0.1) is 24.5 Å². The van der Waals surface area contributed by atoms with Crippen molar-refractivity contribution in [3.8, 4) is 0 Å². The Kier molecular flexibility index (Phi) is 5.53. The Hall–Kier alpha value is -2.28. The lowest BCUT2D eigenvalue weighted by Crippen LogP contribution is -2.25. The van der Waals surface area contributed by atoms with E-state index in [9.17, 15) is 4.79 Å². The summed E-state index contributed by atoms with van der Waals surface area (Å²) in [6.07, 6.45) is 6.13. The van der Waals surface area contributed by atoms with Crippen molar-refractivity contribution in [2.75, 3.05) is 13.2 Å². The molecule has 3 heterocycles. The lowest BCUT2D eigenvalue weighted by molar-refractivity contribution is -0.121. The molecule has 0 aromatic carbocycles. The van der Waals surface area contributed by atoms with Gasteiger partial charge in [0, 0.05) is 37.9 Å². The molecule has 2 aromatic rings. The molecule has 1 atom stereocenters. The van der Waals surface area contributed by atoms with Crippen LogP contribution in [0.25, 0.3) is 0 Å². The molecule has 0 saturated carbocycles. The molecule has 3 rings (SSSR count). The van der Waals surface area contributed by atoms with Crippen molar-refractivity contribution < 1.29 is 9.53 Å². The van der Waals surface area contributed by atoms with Gasteiger partial charge in [-0.05, 0) is 31.9 Å². The molecular weight excluding hydrogens is 306 g/mol. The molecule has 0 unspecified atom stereocenters. The standard InChI is InChI=1S/C17H23N5O2/c1-13-5-8-22(21-13)9-6-16(23)19-11-15-4-7-18-17(20-15)14-3-2-10-24-12-14/h4-5,7-8,14H,2-3,6,9-12H2,1H3,(H,19,23)/t14-/m0/s1. The summed E-state index contributed by atoms with van der Waals surface area (Å²) in [5, 5.41) is 7.17. The highest BCUT2D eigenvalue weighted by atomic mass is 16.5. The van der Waals surface area contributed by atoms with Crippen LogP contribution in [0.3, 0.4) is 0 Å². The molecule has 0 radical (unpaired) electrons. The van der Waals surface area contributed by atoms with Crippen molar-refractivity contribution >= 4 is 5.91 Å². The number of amides is 1. The van der Waals surface area contributed by atoms with E-state index in [0.29, 0.717) is 26.1 Å². The van der Waals surface area contributed by atoms with E-state index in [1.54, 1.807) is 10.9 Å². The number of nitrogens with one attached hydrogen (secondary N) is 1. The van der Waals surface area contributed by atoms with Crippen LogP contribution in [0.4, 0.5) is 0 Å². The second kappa shape index (κ2) is 8.01. The van der Waals surface area contributed by atoms with Gasteiger partial charge in [-0.2, -0.15) is 5.10 Å². The lowest BCUT2D eigenvalue weighted by atomic mass is 10.0. The Morgan fingerprint density at radius 1 is 1.46 bits per heavy atom. The van der Waals surface area contributed by atoms with Crippen molar-refractivity contribution in [2.45, 2.75) is 45.2 Å². The molecule has 0 aliphatic carbocycles. The minimum atomic E-state index is -0.00989. The molecule has 2 aromatic heterocycles. The van der Waals surface area contributed by atoms with Crippen LogP contribution in [0.15, 0.2) is 24.5 Å². The molecule has 7 nitrogen and oxygen atoms in total. The number of aryl methyl sites for hydroxylation is 2. The number of carbonyl (C=O) groups excluding carboxylic acids is 1. The van der Waals surface area contributed by atoms with E-state index >= 15 is 0 Å². The van der Waals surface area contributed by atoms with Crippen molar-refractivity contribution in [1.29, 1.82) is 0 Å². The summed E-state index contributed by atoms with van der Waals surface area (Å²) in [4.78, 5) is 20.9. The third-order valence-corrected chi connectivity index (χ3v) is 4.07. The topological polar surface area (TPSA) is 81.9 Å². The summed E-state index contributed by atoms with van der Waals surface area (Å²) < 4.78 is 7.27. The van der Waals surface area contributed by atoms with Crippen LogP contribution >= 0.6 is 0 Å². The smallest absolute Gasteiger partial charge is 0.222 e. The van der Waals surface area contributed by atoms with E-state index in [4.69, 9.17) is 4.74 Å². The Morgan fingerprint density at radius 2 is 2.38 bits per heavy atom. The average molecular weight is 329 g/mol. The Balaban J connectivity index is 1.47. The maximum absolute atomic E-state index is 12.0. The molecule has 1 aliphatic rings. The minimum Gasteiger partial charge on any atom is -0.381 e. The third-order valence-electron chi connectivity index (χ3n) is 4.07. The first kappa shape index (κ1) is 16.6. The van der Waals surface area contributed by atoms with Crippen molar-refractivity contribution in [3.05, 3.63) is 41.7 Å². The largest absolute Gasteiger partial charge is 0.381 e. The van der Waals surface area contributed by atoms with E-state index in [-0.39, 0.29) is 11.8 Å². The highest BCUT2D eigenvalue weighted by Gasteiger charge is 2.18. The number of carbonyl (C=O) groups is 1. The fourth-order valence-electron chi connectivity index (χ4n) is 2.73. The van der Waals surface area contributed by atoms with Crippen molar-refractivity contribution in [1.82, 2.24) is 25.1 Å². The van der Waals surface area contributed by atoms with E-state index in [0.717, 1.165) is 36.7 Å². The van der Waals surface area contributed by atoms with Crippen LogP contribution < -0.4 is 5.32 Å². The fourth-order valence-corrected chi connectivity index (χ4v) is 2.73. The number of hydrogen-bond donors (Lipinski definition) is 1. The van der Waals surface area contributed by atoms with Gasteiger partial charge in [0.15, 0.2) is 0 Å². The van der Waals surface area contributed by atoms with Gasteiger partial charge in [0.1, 0.15) is 5.82 Å². The van der Waals surface area contributed by atoms with Crippen LogP contribution in [0.2, 0.25) is 0 Å². The minimum absolute atomic E-state index is 0.00989. The van der Waals surface area contributed by atoms with Gasteiger partial charge in [-0.3, -0.25) is 9.48 Å². The van der Waals surface area contributed by atoms with Crippen LogP contribution in [0.1, 0.15) is 42.4 Å². The van der Waals surface area contributed by atoms with E-state index in [1.165, 1.54) is 0 Å². The molecule has 1 fully saturated rings. The maximum atomic E-state index is 12.0. The van der Waals surface area contributed by atoms with E-state index in [2.05, 4.69) is 20.4 Å². The number of ether oxygens (including phenoxy) is 1. The number of aromatic nitrogens is 4. The normalized spacial score (nSPS) is 17.6. The van der Waals surface area contributed by atoms with E-state index in [1.807, 2.05) is 25.3 Å². The quantitative estimate of drug-likeness (QED) is 0.870. The van der Waals surface area contributed by atoms with Gasteiger partial charge in [-0.25, -0.2) is 9.97 Å². The SMILES string of the molecule is Cc1ccn(CCC(=O)NCc2ccnc([C@H]3CCCOC3)n2)n1. The summed E-state index contributed by atoms with van der Waals surface area (Å²) >= 11 is 0. The molecule has 1 N–H and O–H groups in total. The molecular formula is C17H23N5O2. The molecule has 1 aliphatic heterocycles. The average Bonchev–Trinajstić information content (AvgIpc) is 3.04. The lowest BCUT2D eigenvalue weighted by Gasteiger charge is -2.20. The zero-order chi connectivity index (χ0) is 16.8. The van der Waals surface area contributed by atoms with Gasteiger partial charge in [-0.1, -0.05) is 0 Å². The number of rotatable bonds is 6. The van der Waals surface area contributed by atoms with Gasteiger partial charge >= 0.3 is 0 Å². The molecule has 1 saturated heterocycles. The summed E-state index contributed by atoms with van der Waals surface area (Å²) in [5.41, 5.74) is 1.78. The molecule has 128 valence electrons. The van der Waals surface area contributed by atoms with Crippen LogP contribution in [-0.4, -0.2) is 38.9 Å². The summed E-state index contributed by atoms with van der Waals surface area (Å²) in [6, 6.07) is 3.76. The monoisotopic (exact) mass is 329 g/mol. The van der Waals surface area contributed by atoms with Gasteiger partial charge in [0.25, 0.3) is 0 Å². The molecule has 1 amide bonds. The molecule has 24 heavy (non-hydrogen) atoms. The first-order valence-electron chi connectivity index (χ1n) is 8.37. The maximum Gasteiger partial charge on any atom is 0.222 e. The third kappa shape index (κ3) is 4.61. The first-order valence-corrected chi connectivity index (χ1v) is 8.37. The van der Waals surface area contributed by atoms with Gasteiger partial charge < -0.3 is 10.1 Å². The Labute approximate surface area is 141 Å². The fraction of sp³-hybridized carbons (Fsp3) is 0.529. The Morgan fingerprint density at radius 3 is 3.12 bits per heavy atom. The van der Waals surface area contributed by atoms with Crippen LogP contribution in [-0.2, 0) is 22.6 Å². The van der Waals surface area contributed by atoms with Crippen LogP contribution in [0, 0.1) is 6.92 Å². The molecule has 7 heteroatoms. The van der Waals surface area contributed by atoms with Gasteiger partial charge in [-0.15, -0.1) is 0 Å². The second-order valence-electron chi connectivity index (χ2n) is 6.07. The molecule has 0 spiro atoms. The zero-order valence-electron chi connectivity index (χ0n) is 13.9. The summed E-state index contributed by atoms with van der Waals surface area (Å²) in [6.45, 7) is 4.43. The second-order valence-corrected chi connectivity index (χ2v) is 6.07. The Bertz CT molecular complexity index is 679. The van der Waals surface area contributed by atoms with Crippen molar-refractivity contribution in [3.63, 3.8) is 0 Å². The number of hydrogen-bond acceptors (Lipinski definition) is 5. The predicted molar refractivity (Wildman–Crippen MR) is 88.3 cm³/mol. The zero-order valence-corrected chi connectivity index (χ0v) is 13.9. The highest BCUT2D eigenvalue weighted by molar-refractivity contribution is 5.75. The van der Waals surface area contributed by atoms with E-state index < -0.39 is 0 Å². The van der Waals surface area contributed by atoms with Gasteiger partial charge in [0.2, 0.25) is 5.91 Å². The number of nitrogens with zero attached hydrogens (tertiary/aromatic N) is 4. The van der Waals surface area contributed by atoms with Crippen LogP contribution in [0.5, 0.6) is 0 Å². The predicted octanol–water partition coefficient (Wildman–Crippen LogP) is 1.58. The summed E-state index contributed by atoms with van der Waals surface area (Å²) in [5.74, 6) is 1.07.